The zero-order chi connectivity index (χ0) is 29.7. The van der Waals surface area contributed by atoms with Crippen LogP contribution in [0.3, 0.4) is 0 Å². The maximum atomic E-state index is 14.1. The minimum atomic E-state index is -0.977. The van der Waals surface area contributed by atoms with E-state index in [-0.39, 0.29) is 41.6 Å². The van der Waals surface area contributed by atoms with Crippen LogP contribution in [0.4, 0.5) is 11.4 Å². The van der Waals surface area contributed by atoms with E-state index in [0.717, 1.165) is 24.9 Å². The van der Waals surface area contributed by atoms with Gasteiger partial charge in [0.05, 0.1) is 30.2 Å². The molecule has 41 heavy (non-hydrogen) atoms. The molecule has 1 saturated carbocycles. The number of carbonyl (C=O) groups excluding carboxylic acids is 3. The zero-order valence-corrected chi connectivity index (χ0v) is 25.4. The van der Waals surface area contributed by atoms with E-state index < -0.39 is 5.60 Å². The van der Waals surface area contributed by atoms with Gasteiger partial charge in [-0.3, -0.25) is 14.4 Å². The molecule has 1 aromatic rings. The summed E-state index contributed by atoms with van der Waals surface area (Å²) in [7, 11) is 0. The van der Waals surface area contributed by atoms with Gasteiger partial charge in [-0.05, 0) is 83.5 Å². The van der Waals surface area contributed by atoms with Gasteiger partial charge in [-0.2, -0.15) is 0 Å². The third-order valence-corrected chi connectivity index (χ3v) is 8.07. The molecule has 2 heterocycles. The first-order valence-corrected chi connectivity index (χ1v) is 15.3. The van der Waals surface area contributed by atoms with Gasteiger partial charge in [-0.1, -0.05) is 13.8 Å². The summed E-state index contributed by atoms with van der Waals surface area (Å²) in [5, 5.41) is 6.53. The van der Waals surface area contributed by atoms with Crippen LogP contribution in [-0.2, 0) is 19.1 Å². The van der Waals surface area contributed by atoms with Crippen molar-refractivity contribution in [1.82, 2.24) is 10.6 Å². The number of rotatable bonds is 13. The van der Waals surface area contributed by atoms with Gasteiger partial charge in [-0.15, -0.1) is 0 Å². The van der Waals surface area contributed by atoms with Crippen molar-refractivity contribution in [3.05, 3.63) is 18.2 Å². The molecule has 0 spiro atoms. The molecule has 1 aromatic carbocycles. The van der Waals surface area contributed by atoms with E-state index in [0.29, 0.717) is 69.6 Å². The van der Waals surface area contributed by atoms with Crippen LogP contribution in [0.5, 0.6) is 5.75 Å². The monoisotopic (exact) mass is 571 g/mol. The number of fused-ring (bicyclic) bond motifs is 1. The topological polar surface area (TPSA) is 126 Å². The zero-order valence-electron chi connectivity index (χ0n) is 25.4. The lowest BCUT2D eigenvalue weighted by Crippen LogP contribution is -2.53. The summed E-state index contributed by atoms with van der Waals surface area (Å²) >= 11 is 0. The molecule has 4 N–H and O–H groups in total. The maximum absolute atomic E-state index is 14.1. The predicted octanol–water partition coefficient (Wildman–Crippen LogP) is 2.83. The molecule has 0 unspecified atom stereocenters. The fourth-order valence-corrected chi connectivity index (χ4v) is 5.87. The number of piperidine rings is 1. The second-order valence-electron chi connectivity index (χ2n) is 12.6. The first-order chi connectivity index (χ1) is 19.6. The molecule has 2 fully saturated rings. The smallest absolute Gasteiger partial charge is 0.270 e. The lowest BCUT2D eigenvalue weighted by molar-refractivity contribution is -0.132. The minimum Gasteiger partial charge on any atom is -0.476 e. The average molecular weight is 572 g/mol. The van der Waals surface area contributed by atoms with Crippen molar-refractivity contribution >= 4 is 29.1 Å². The Morgan fingerprint density at radius 2 is 1.98 bits per heavy atom. The van der Waals surface area contributed by atoms with Crippen LogP contribution in [0.25, 0.3) is 0 Å². The van der Waals surface area contributed by atoms with Crippen LogP contribution in [-0.4, -0.2) is 74.8 Å². The van der Waals surface area contributed by atoms with Gasteiger partial charge in [0.25, 0.3) is 5.91 Å². The predicted molar refractivity (Wildman–Crippen MR) is 160 cm³/mol. The minimum absolute atomic E-state index is 0.0161. The van der Waals surface area contributed by atoms with E-state index in [1.807, 2.05) is 30.0 Å². The summed E-state index contributed by atoms with van der Waals surface area (Å²) in [5.41, 5.74) is 6.21. The van der Waals surface area contributed by atoms with Gasteiger partial charge in [0, 0.05) is 38.0 Å². The average Bonchev–Trinajstić information content (AvgIpc) is 3.77. The first kappa shape index (κ1) is 31.3. The number of hydrogen-bond acceptors (Lipinski definition) is 7. The van der Waals surface area contributed by atoms with Crippen LogP contribution in [0.15, 0.2) is 18.2 Å². The number of nitrogens with two attached hydrogens (primary N) is 1. The maximum Gasteiger partial charge on any atom is 0.270 e. The summed E-state index contributed by atoms with van der Waals surface area (Å²) < 4.78 is 11.7. The highest BCUT2D eigenvalue weighted by Crippen LogP contribution is 2.43. The molecule has 1 aliphatic carbocycles. The van der Waals surface area contributed by atoms with Gasteiger partial charge in [0.15, 0.2) is 5.60 Å². The standard InChI is InChI=1S/C31H49N5O5/c1-6-40-19-23(14-20(2)3)34-28(37)21-15-22(18-33-17-21)29(38)36(24-8-9-24)25-10-11-27-26(16-25)35(13-7-12-32)30(39)31(4,5)41-27/h10-11,16,20-24,33H,6-9,12-15,17-19,32H2,1-5H3,(H,34,37)/t21-,22+,23+/m0/s1. The van der Waals surface area contributed by atoms with Crippen molar-refractivity contribution < 1.29 is 23.9 Å². The Morgan fingerprint density at radius 3 is 2.63 bits per heavy atom. The summed E-state index contributed by atoms with van der Waals surface area (Å²) in [6.07, 6.45) is 3.86. The highest BCUT2D eigenvalue weighted by atomic mass is 16.5. The molecule has 4 rings (SSSR count). The number of anilines is 2. The number of carbonyl (C=O) groups is 3. The molecule has 1 saturated heterocycles. The normalized spacial score (nSPS) is 22.6. The number of ether oxygens (including phenoxy) is 2. The van der Waals surface area contributed by atoms with Gasteiger partial charge < -0.3 is 35.6 Å². The van der Waals surface area contributed by atoms with Crippen LogP contribution in [0.2, 0.25) is 0 Å². The van der Waals surface area contributed by atoms with E-state index in [2.05, 4.69) is 24.5 Å². The van der Waals surface area contributed by atoms with Crippen molar-refractivity contribution in [3.8, 4) is 5.75 Å². The first-order valence-electron chi connectivity index (χ1n) is 15.3. The summed E-state index contributed by atoms with van der Waals surface area (Å²) in [5.74, 6) is 0.308. The van der Waals surface area contributed by atoms with Crippen LogP contribution in [0, 0.1) is 17.8 Å². The Hall–Kier alpha value is -2.69. The van der Waals surface area contributed by atoms with Gasteiger partial charge >= 0.3 is 0 Å². The van der Waals surface area contributed by atoms with Crippen molar-refractivity contribution in [3.63, 3.8) is 0 Å². The van der Waals surface area contributed by atoms with Crippen LogP contribution < -0.4 is 30.9 Å². The van der Waals surface area contributed by atoms with E-state index in [4.69, 9.17) is 15.2 Å². The fraction of sp³-hybridized carbons (Fsp3) is 0.710. The second kappa shape index (κ2) is 13.5. The van der Waals surface area contributed by atoms with Crippen molar-refractivity contribution in [2.24, 2.45) is 23.5 Å². The van der Waals surface area contributed by atoms with E-state index >= 15 is 0 Å². The fourth-order valence-electron chi connectivity index (χ4n) is 5.87. The molecule has 3 atom stereocenters. The highest BCUT2D eigenvalue weighted by Gasteiger charge is 2.43. The second-order valence-corrected chi connectivity index (χ2v) is 12.6. The molecule has 0 radical (unpaired) electrons. The van der Waals surface area contributed by atoms with E-state index in [9.17, 15) is 14.4 Å². The summed E-state index contributed by atoms with van der Waals surface area (Å²) in [6, 6.07) is 5.74. The third-order valence-electron chi connectivity index (χ3n) is 8.07. The molecule has 2 aliphatic heterocycles. The summed E-state index contributed by atoms with van der Waals surface area (Å²) in [6.45, 7) is 12.9. The lowest BCUT2D eigenvalue weighted by atomic mass is 9.88. The van der Waals surface area contributed by atoms with Gasteiger partial charge in [0.2, 0.25) is 11.8 Å². The number of benzene rings is 1. The Labute approximate surface area is 244 Å². The molecule has 228 valence electrons. The molecule has 10 nitrogen and oxygen atoms in total. The molecule has 3 amide bonds. The Kier molecular flexibility index (Phi) is 10.3. The number of nitrogens with one attached hydrogen (secondary N) is 2. The molecule has 0 aromatic heterocycles. The Balaban J connectivity index is 1.51. The SMILES string of the molecule is CCOC[C@@H](CC(C)C)NC(=O)[C@@H]1CNC[C@H](C(=O)N(c2ccc3c(c2)N(CCCN)C(=O)C(C)(C)O3)C2CC2)C1. The van der Waals surface area contributed by atoms with Crippen LogP contribution >= 0.6 is 0 Å². The number of amides is 3. The van der Waals surface area contributed by atoms with Gasteiger partial charge in [-0.25, -0.2) is 0 Å². The molecular formula is C31H49N5O5. The van der Waals surface area contributed by atoms with Crippen molar-refractivity contribution in [1.29, 1.82) is 0 Å². The summed E-state index contributed by atoms with van der Waals surface area (Å²) in [4.78, 5) is 44.2. The Morgan fingerprint density at radius 1 is 1.24 bits per heavy atom. The largest absolute Gasteiger partial charge is 0.476 e. The lowest BCUT2D eigenvalue weighted by Gasteiger charge is -2.39. The highest BCUT2D eigenvalue weighted by molar-refractivity contribution is 6.04. The molecule has 3 aliphatic rings. The van der Waals surface area contributed by atoms with Crippen LogP contribution in [0.1, 0.15) is 66.7 Å². The van der Waals surface area contributed by atoms with E-state index in [1.54, 1.807) is 18.7 Å². The quantitative estimate of drug-likeness (QED) is 0.332. The van der Waals surface area contributed by atoms with E-state index in [1.165, 1.54) is 0 Å². The van der Waals surface area contributed by atoms with Crippen molar-refractivity contribution in [2.45, 2.75) is 84.4 Å². The number of nitrogens with zero attached hydrogens (tertiary/aromatic N) is 2. The molecule has 10 heteroatoms. The third kappa shape index (κ3) is 7.59. The van der Waals surface area contributed by atoms with Gasteiger partial charge in [0.1, 0.15) is 5.75 Å². The Bertz CT molecular complexity index is 1090. The molecule has 0 bridgehead atoms. The number of hydrogen-bond donors (Lipinski definition) is 3. The van der Waals surface area contributed by atoms with Crippen molar-refractivity contribution in [2.75, 3.05) is 49.2 Å². The molecular weight excluding hydrogens is 522 g/mol.